The summed E-state index contributed by atoms with van der Waals surface area (Å²) in [7, 11) is 1.34. The van der Waals surface area contributed by atoms with E-state index in [1.165, 1.54) is 25.3 Å². The number of nitrogens with two attached hydrogens (primary N) is 2. The second-order valence-corrected chi connectivity index (χ2v) is 6.13. The maximum atomic E-state index is 12.8. The number of benzene rings is 1. The SMILES string of the molecule is C=C(/C(N)=C\C(=C/N)NC(=O)c1ccc(Cl)cc1)c1cc(C(F)(F)F)nn1C. The van der Waals surface area contributed by atoms with E-state index in [1.54, 1.807) is 12.1 Å². The topological polar surface area (TPSA) is 99.0 Å². The monoisotopic (exact) mass is 411 g/mol. The third kappa shape index (κ3) is 4.95. The van der Waals surface area contributed by atoms with Gasteiger partial charge in [0.2, 0.25) is 0 Å². The fourth-order valence-electron chi connectivity index (χ4n) is 2.22. The Morgan fingerprint density at radius 1 is 1.32 bits per heavy atom. The maximum Gasteiger partial charge on any atom is 0.435 e. The summed E-state index contributed by atoms with van der Waals surface area (Å²) in [6.07, 6.45) is -2.21. The molecule has 0 radical (unpaired) electrons. The number of carbonyl (C=O) groups excluding carboxylic acids is 1. The molecule has 1 aromatic heterocycles. The van der Waals surface area contributed by atoms with Crippen LogP contribution < -0.4 is 16.8 Å². The second-order valence-electron chi connectivity index (χ2n) is 5.70. The minimum atomic E-state index is -4.59. The summed E-state index contributed by atoms with van der Waals surface area (Å²) in [5.74, 6) is -0.470. The Labute approximate surface area is 164 Å². The summed E-state index contributed by atoms with van der Waals surface area (Å²) in [6.45, 7) is 3.70. The van der Waals surface area contributed by atoms with Crippen LogP contribution in [0.4, 0.5) is 13.2 Å². The lowest BCUT2D eigenvalue weighted by molar-refractivity contribution is -0.141. The van der Waals surface area contributed by atoms with E-state index in [-0.39, 0.29) is 22.7 Å². The van der Waals surface area contributed by atoms with Crippen LogP contribution in [0.5, 0.6) is 0 Å². The molecule has 10 heteroatoms. The van der Waals surface area contributed by atoms with Crippen LogP contribution in [-0.4, -0.2) is 15.7 Å². The minimum absolute atomic E-state index is 0.00447. The Kier molecular flexibility index (Phi) is 6.19. The number of rotatable bonds is 5. The highest BCUT2D eigenvalue weighted by molar-refractivity contribution is 6.30. The molecule has 0 bridgehead atoms. The van der Waals surface area contributed by atoms with E-state index in [4.69, 9.17) is 23.1 Å². The fourth-order valence-corrected chi connectivity index (χ4v) is 2.35. The maximum absolute atomic E-state index is 12.8. The first-order valence-corrected chi connectivity index (χ1v) is 8.17. The molecule has 6 nitrogen and oxygen atoms in total. The van der Waals surface area contributed by atoms with Crippen molar-refractivity contribution < 1.29 is 18.0 Å². The van der Waals surface area contributed by atoms with Gasteiger partial charge in [-0.1, -0.05) is 18.2 Å². The molecule has 0 fully saturated rings. The van der Waals surface area contributed by atoms with E-state index in [1.807, 2.05) is 0 Å². The van der Waals surface area contributed by atoms with E-state index in [0.717, 1.165) is 16.9 Å². The van der Waals surface area contributed by atoms with Gasteiger partial charge in [0.1, 0.15) is 0 Å². The van der Waals surface area contributed by atoms with E-state index in [0.29, 0.717) is 10.6 Å². The lowest BCUT2D eigenvalue weighted by Crippen LogP contribution is -2.23. The standard InChI is InChI=1S/C18H17ClF3N5O/c1-10(15-8-16(18(20,21)22)26-27(15)2)14(24)7-13(9-23)25-17(28)11-3-5-12(19)6-4-11/h3-9H,1,23-24H2,2H3,(H,25,28)/b13-9+,14-7+. The van der Waals surface area contributed by atoms with E-state index < -0.39 is 17.8 Å². The zero-order chi connectivity index (χ0) is 21.1. The second kappa shape index (κ2) is 8.22. The minimum Gasteiger partial charge on any atom is -0.403 e. The molecule has 0 aliphatic rings. The van der Waals surface area contributed by atoms with Gasteiger partial charge >= 0.3 is 6.18 Å². The molecule has 2 aromatic rings. The quantitative estimate of drug-likeness (QED) is 0.658. The normalized spacial score (nSPS) is 12.8. The Balaban J connectivity index is 2.20. The smallest absolute Gasteiger partial charge is 0.403 e. The molecule has 0 unspecified atom stereocenters. The van der Waals surface area contributed by atoms with Gasteiger partial charge in [-0.2, -0.15) is 18.3 Å². The number of halogens is 4. The van der Waals surface area contributed by atoms with Gasteiger partial charge in [-0.25, -0.2) is 0 Å². The number of nitrogens with one attached hydrogen (secondary N) is 1. The molecule has 0 aliphatic heterocycles. The van der Waals surface area contributed by atoms with Crippen molar-refractivity contribution in [3.8, 4) is 0 Å². The van der Waals surface area contributed by atoms with Gasteiger partial charge in [-0.05, 0) is 36.4 Å². The van der Waals surface area contributed by atoms with Crippen molar-refractivity contribution >= 4 is 23.1 Å². The van der Waals surface area contributed by atoms with Gasteiger partial charge in [0, 0.05) is 35.1 Å². The van der Waals surface area contributed by atoms with E-state index >= 15 is 0 Å². The highest BCUT2D eigenvalue weighted by atomic mass is 35.5. The number of aromatic nitrogens is 2. The number of nitrogens with zero attached hydrogens (tertiary/aromatic N) is 2. The van der Waals surface area contributed by atoms with Gasteiger partial charge in [0.15, 0.2) is 5.69 Å². The molecule has 0 aliphatic carbocycles. The Bertz CT molecular complexity index is 959. The molecule has 1 aromatic carbocycles. The number of aryl methyl sites for hydroxylation is 1. The first-order chi connectivity index (χ1) is 13.0. The number of hydrogen-bond donors (Lipinski definition) is 3. The Morgan fingerprint density at radius 3 is 2.43 bits per heavy atom. The highest BCUT2D eigenvalue weighted by Gasteiger charge is 2.34. The molecular weight excluding hydrogens is 395 g/mol. The lowest BCUT2D eigenvalue weighted by Gasteiger charge is -2.10. The summed E-state index contributed by atoms with van der Waals surface area (Å²) in [6, 6.07) is 6.98. The molecule has 5 N–H and O–H groups in total. The van der Waals surface area contributed by atoms with Crippen LogP contribution in [0.2, 0.25) is 5.02 Å². The van der Waals surface area contributed by atoms with Crippen molar-refractivity contribution in [3.63, 3.8) is 0 Å². The van der Waals surface area contributed by atoms with Crippen molar-refractivity contribution in [2.75, 3.05) is 0 Å². The molecule has 1 heterocycles. The van der Waals surface area contributed by atoms with Crippen molar-refractivity contribution in [1.29, 1.82) is 0 Å². The highest BCUT2D eigenvalue weighted by Crippen LogP contribution is 2.30. The number of allylic oxidation sites excluding steroid dienone is 2. The predicted molar refractivity (Wildman–Crippen MR) is 101 cm³/mol. The average molecular weight is 412 g/mol. The van der Waals surface area contributed by atoms with Gasteiger partial charge in [0.05, 0.1) is 11.4 Å². The van der Waals surface area contributed by atoms with Crippen LogP contribution in [0.3, 0.4) is 0 Å². The van der Waals surface area contributed by atoms with Crippen LogP contribution in [0.1, 0.15) is 21.7 Å². The third-order valence-electron chi connectivity index (χ3n) is 3.68. The van der Waals surface area contributed by atoms with Crippen molar-refractivity contribution in [1.82, 2.24) is 15.1 Å². The summed E-state index contributed by atoms with van der Waals surface area (Å²) < 4.78 is 39.4. The lowest BCUT2D eigenvalue weighted by atomic mass is 10.1. The van der Waals surface area contributed by atoms with Gasteiger partial charge in [-0.15, -0.1) is 0 Å². The molecule has 0 atom stereocenters. The van der Waals surface area contributed by atoms with Gasteiger partial charge in [0.25, 0.3) is 5.91 Å². The molecule has 1 amide bonds. The predicted octanol–water partition coefficient (Wildman–Crippen LogP) is 3.18. The average Bonchev–Trinajstić information content (AvgIpc) is 3.02. The number of amides is 1. The van der Waals surface area contributed by atoms with Crippen LogP contribution in [-0.2, 0) is 13.2 Å². The zero-order valence-corrected chi connectivity index (χ0v) is 15.5. The zero-order valence-electron chi connectivity index (χ0n) is 14.7. The molecule has 0 spiro atoms. The molecule has 148 valence electrons. The Morgan fingerprint density at radius 2 is 1.93 bits per heavy atom. The number of hydrogen-bond acceptors (Lipinski definition) is 4. The molecule has 0 saturated heterocycles. The van der Waals surface area contributed by atoms with E-state index in [2.05, 4.69) is 17.0 Å². The summed E-state index contributed by atoms with van der Waals surface area (Å²) in [5, 5.41) is 6.42. The van der Waals surface area contributed by atoms with Crippen molar-refractivity contribution in [2.45, 2.75) is 6.18 Å². The van der Waals surface area contributed by atoms with Crippen LogP contribution in [0, 0.1) is 0 Å². The van der Waals surface area contributed by atoms with Gasteiger partial charge < -0.3 is 16.8 Å². The molecule has 2 rings (SSSR count). The largest absolute Gasteiger partial charge is 0.435 e. The number of carbonyl (C=O) groups is 1. The van der Waals surface area contributed by atoms with Gasteiger partial charge in [-0.3, -0.25) is 9.48 Å². The van der Waals surface area contributed by atoms with Crippen molar-refractivity contribution in [3.05, 3.63) is 82.6 Å². The Hall–Kier alpha value is -3.20. The molecular formula is C18H17ClF3N5O. The van der Waals surface area contributed by atoms with Crippen molar-refractivity contribution in [2.24, 2.45) is 18.5 Å². The summed E-state index contributed by atoms with van der Waals surface area (Å²) in [5.41, 5.74) is 11.0. The molecule has 0 saturated carbocycles. The van der Waals surface area contributed by atoms with E-state index in [9.17, 15) is 18.0 Å². The van der Waals surface area contributed by atoms with Crippen LogP contribution >= 0.6 is 11.6 Å². The third-order valence-corrected chi connectivity index (χ3v) is 3.93. The summed E-state index contributed by atoms with van der Waals surface area (Å²) in [4.78, 5) is 12.2. The first-order valence-electron chi connectivity index (χ1n) is 7.79. The van der Waals surface area contributed by atoms with Crippen LogP contribution in [0.15, 0.2) is 60.6 Å². The summed E-state index contributed by atoms with van der Waals surface area (Å²) >= 11 is 5.78. The molecule has 28 heavy (non-hydrogen) atoms. The van der Waals surface area contributed by atoms with Crippen LogP contribution in [0.25, 0.3) is 5.57 Å². The number of alkyl halides is 3. The first kappa shape index (κ1) is 21.1. The fraction of sp³-hybridized carbons (Fsp3) is 0.111.